The van der Waals surface area contributed by atoms with Gasteiger partial charge in [-0.3, -0.25) is 10.1 Å². The van der Waals surface area contributed by atoms with E-state index >= 15 is 0 Å². The van der Waals surface area contributed by atoms with E-state index < -0.39 is 7.92 Å². The number of benzene rings is 3. The van der Waals surface area contributed by atoms with Crippen molar-refractivity contribution in [1.82, 2.24) is 0 Å². The van der Waals surface area contributed by atoms with Crippen molar-refractivity contribution in [3.05, 3.63) is 106 Å². The van der Waals surface area contributed by atoms with Crippen molar-refractivity contribution in [2.24, 2.45) is 0 Å². The zero-order valence-corrected chi connectivity index (χ0v) is 13.8. The molecular formula is C20H16NO2P. The van der Waals surface area contributed by atoms with Crippen molar-refractivity contribution in [2.45, 2.75) is 0 Å². The first kappa shape index (κ1) is 16.1. The van der Waals surface area contributed by atoms with E-state index in [9.17, 15) is 10.1 Å². The molecule has 3 rings (SSSR count). The van der Waals surface area contributed by atoms with Gasteiger partial charge in [-0.1, -0.05) is 72.6 Å². The average molecular weight is 333 g/mol. The van der Waals surface area contributed by atoms with Crippen molar-refractivity contribution in [1.29, 1.82) is 0 Å². The Morgan fingerprint density at radius 1 is 0.750 bits per heavy atom. The minimum absolute atomic E-state index is 0.112. The summed E-state index contributed by atoms with van der Waals surface area (Å²) < 4.78 is 0. The van der Waals surface area contributed by atoms with Gasteiger partial charge >= 0.3 is 0 Å². The van der Waals surface area contributed by atoms with Crippen LogP contribution in [0.25, 0.3) is 6.08 Å². The zero-order valence-electron chi connectivity index (χ0n) is 12.9. The van der Waals surface area contributed by atoms with Crippen molar-refractivity contribution in [2.75, 3.05) is 0 Å². The Morgan fingerprint density at radius 2 is 1.25 bits per heavy atom. The summed E-state index contributed by atoms with van der Waals surface area (Å²) in [6.07, 6.45) is 2.04. The molecule has 24 heavy (non-hydrogen) atoms. The Kier molecular flexibility index (Phi) is 5.15. The fourth-order valence-corrected chi connectivity index (χ4v) is 4.32. The first-order chi connectivity index (χ1) is 11.7. The van der Waals surface area contributed by atoms with E-state index in [1.54, 1.807) is 12.1 Å². The van der Waals surface area contributed by atoms with E-state index in [-0.39, 0.29) is 10.6 Å². The number of rotatable bonds is 5. The van der Waals surface area contributed by atoms with Gasteiger partial charge in [-0.05, 0) is 36.2 Å². The van der Waals surface area contributed by atoms with Gasteiger partial charge in [0.15, 0.2) is 0 Å². The second-order valence-corrected chi connectivity index (χ2v) is 7.28. The first-order valence-corrected chi connectivity index (χ1v) is 8.97. The summed E-state index contributed by atoms with van der Waals surface area (Å²) in [6.45, 7) is 0. The largest absolute Gasteiger partial charge is 0.269 e. The molecule has 3 aromatic carbocycles. The van der Waals surface area contributed by atoms with Crippen LogP contribution >= 0.6 is 7.92 Å². The fraction of sp³-hybridized carbons (Fsp3) is 0. The van der Waals surface area contributed by atoms with Crippen molar-refractivity contribution in [3.8, 4) is 0 Å². The highest BCUT2D eigenvalue weighted by Gasteiger charge is 2.09. The Labute approximate surface area is 142 Å². The second kappa shape index (κ2) is 7.67. The van der Waals surface area contributed by atoms with E-state index in [0.717, 1.165) is 5.56 Å². The molecule has 0 aliphatic rings. The number of nitro groups is 1. The van der Waals surface area contributed by atoms with Gasteiger partial charge in [0.1, 0.15) is 0 Å². The van der Waals surface area contributed by atoms with Crippen molar-refractivity contribution < 1.29 is 4.92 Å². The quantitative estimate of drug-likeness (QED) is 0.386. The SMILES string of the molecule is O=[N+]([O-])c1ccc(/C=C/P(c2ccccc2)c2ccccc2)cc1. The van der Waals surface area contributed by atoms with Crippen molar-refractivity contribution in [3.63, 3.8) is 0 Å². The highest BCUT2D eigenvalue weighted by molar-refractivity contribution is 7.75. The van der Waals surface area contributed by atoms with Crippen molar-refractivity contribution >= 4 is 30.3 Å². The van der Waals surface area contributed by atoms with E-state index in [0.29, 0.717) is 0 Å². The zero-order chi connectivity index (χ0) is 16.8. The molecule has 0 atom stereocenters. The van der Waals surface area contributed by atoms with Gasteiger partial charge in [0, 0.05) is 12.1 Å². The van der Waals surface area contributed by atoms with Crippen LogP contribution in [0.3, 0.4) is 0 Å². The van der Waals surface area contributed by atoms with E-state index in [1.807, 2.05) is 42.5 Å². The Balaban J connectivity index is 1.90. The van der Waals surface area contributed by atoms with Gasteiger partial charge in [0.05, 0.1) is 4.92 Å². The summed E-state index contributed by atoms with van der Waals surface area (Å²) in [6, 6.07) is 27.4. The Bertz CT molecular complexity index is 791. The first-order valence-electron chi connectivity index (χ1n) is 7.56. The maximum Gasteiger partial charge on any atom is 0.269 e. The lowest BCUT2D eigenvalue weighted by Gasteiger charge is -2.14. The summed E-state index contributed by atoms with van der Waals surface area (Å²) in [5.74, 6) is 2.20. The molecule has 0 fully saturated rings. The highest BCUT2D eigenvalue weighted by atomic mass is 31.1. The van der Waals surface area contributed by atoms with Crippen LogP contribution in [-0.4, -0.2) is 4.92 Å². The van der Waals surface area contributed by atoms with Crippen LogP contribution in [0.4, 0.5) is 5.69 Å². The standard InChI is InChI=1S/C20H16NO2P/c22-21(23)18-13-11-17(12-14-18)15-16-24(19-7-3-1-4-8-19)20-9-5-2-6-10-20/h1-16H/b16-15+. The number of nitrogens with zero attached hydrogens (tertiary/aromatic N) is 1. The molecule has 0 saturated heterocycles. The van der Waals surface area contributed by atoms with Crippen LogP contribution in [0.1, 0.15) is 5.56 Å². The van der Waals surface area contributed by atoms with Crippen LogP contribution < -0.4 is 10.6 Å². The number of non-ortho nitro benzene ring substituents is 1. The van der Waals surface area contributed by atoms with Crippen LogP contribution in [0, 0.1) is 10.1 Å². The van der Waals surface area contributed by atoms with Crippen LogP contribution in [0.5, 0.6) is 0 Å². The number of hydrogen-bond donors (Lipinski definition) is 0. The minimum Gasteiger partial charge on any atom is -0.258 e. The molecule has 0 radical (unpaired) electrons. The third-order valence-corrected chi connectivity index (χ3v) is 5.74. The molecule has 4 heteroatoms. The number of nitro benzene ring substituents is 1. The van der Waals surface area contributed by atoms with Gasteiger partial charge in [0.2, 0.25) is 0 Å². The topological polar surface area (TPSA) is 43.1 Å². The van der Waals surface area contributed by atoms with Gasteiger partial charge in [0.25, 0.3) is 5.69 Å². The van der Waals surface area contributed by atoms with Gasteiger partial charge in [-0.25, -0.2) is 0 Å². The minimum atomic E-state index is -0.609. The maximum atomic E-state index is 10.7. The average Bonchev–Trinajstić information content (AvgIpc) is 2.64. The smallest absolute Gasteiger partial charge is 0.258 e. The molecular weight excluding hydrogens is 317 g/mol. The van der Waals surface area contributed by atoms with E-state index in [4.69, 9.17) is 0 Å². The summed E-state index contributed by atoms with van der Waals surface area (Å²) in [5, 5.41) is 13.3. The lowest BCUT2D eigenvalue weighted by atomic mass is 10.2. The third-order valence-electron chi connectivity index (χ3n) is 3.59. The molecule has 0 spiro atoms. The monoisotopic (exact) mass is 333 g/mol. The Hall–Kier alpha value is -2.77. The summed E-state index contributed by atoms with van der Waals surface area (Å²) in [7, 11) is -0.609. The second-order valence-electron chi connectivity index (χ2n) is 5.21. The van der Waals surface area contributed by atoms with Crippen LogP contribution in [0.2, 0.25) is 0 Å². The molecule has 0 bridgehead atoms. The molecule has 0 amide bonds. The van der Waals surface area contributed by atoms with Gasteiger partial charge in [-0.15, -0.1) is 0 Å². The normalized spacial score (nSPS) is 11.0. The molecule has 3 nitrogen and oxygen atoms in total. The van der Waals surface area contributed by atoms with Crippen LogP contribution in [0.15, 0.2) is 90.7 Å². The lowest BCUT2D eigenvalue weighted by molar-refractivity contribution is -0.384. The predicted molar refractivity (Wildman–Crippen MR) is 101 cm³/mol. The maximum absolute atomic E-state index is 10.7. The molecule has 0 unspecified atom stereocenters. The van der Waals surface area contributed by atoms with E-state index in [2.05, 4.69) is 30.1 Å². The molecule has 0 saturated carbocycles. The van der Waals surface area contributed by atoms with E-state index in [1.165, 1.54) is 22.7 Å². The molecule has 3 aromatic rings. The number of hydrogen-bond acceptors (Lipinski definition) is 2. The predicted octanol–water partition coefficient (Wildman–Crippen LogP) is 4.70. The summed E-state index contributed by atoms with van der Waals surface area (Å²) in [4.78, 5) is 10.4. The third kappa shape index (κ3) is 3.95. The Morgan fingerprint density at radius 3 is 1.71 bits per heavy atom. The summed E-state index contributed by atoms with van der Waals surface area (Å²) >= 11 is 0. The highest BCUT2D eigenvalue weighted by Crippen LogP contribution is 2.35. The molecule has 118 valence electrons. The summed E-state index contributed by atoms with van der Waals surface area (Å²) in [5.41, 5.74) is 1.07. The molecule has 0 N–H and O–H groups in total. The molecule has 0 aliphatic heterocycles. The molecule has 0 aliphatic carbocycles. The van der Waals surface area contributed by atoms with Gasteiger partial charge in [-0.2, -0.15) is 0 Å². The van der Waals surface area contributed by atoms with Crippen LogP contribution in [-0.2, 0) is 0 Å². The lowest BCUT2D eigenvalue weighted by Crippen LogP contribution is -2.09. The molecule has 0 aromatic heterocycles. The van der Waals surface area contributed by atoms with Gasteiger partial charge < -0.3 is 0 Å². The molecule has 0 heterocycles. The fourth-order valence-electron chi connectivity index (χ4n) is 2.37.